The van der Waals surface area contributed by atoms with Crippen LogP contribution in [0.1, 0.15) is 4.88 Å². The fourth-order valence-electron chi connectivity index (χ4n) is 1.46. The molecule has 1 N–H and O–H groups in total. The molecule has 0 amide bonds. The predicted molar refractivity (Wildman–Crippen MR) is 85.9 cm³/mol. The molecule has 0 unspecified atom stereocenters. The summed E-state index contributed by atoms with van der Waals surface area (Å²) in [6.45, 7) is 1.93. The second-order valence-corrected chi connectivity index (χ2v) is 7.23. The van der Waals surface area contributed by atoms with Gasteiger partial charge in [-0.25, -0.2) is 0 Å². The first kappa shape index (κ1) is 14.4. The molecule has 1 nitrogen and oxygen atoms in total. The van der Waals surface area contributed by atoms with E-state index in [1.807, 2.05) is 30.0 Å². The molecule has 1 aromatic carbocycles. The molecule has 96 valence electrons. The molecule has 1 heterocycles. The zero-order valence-corrected chi connectivity index (χ0v) is 13.6. The highest BCUT2D eigenvalue weighted by molar-refractivity contribution is 9.10. The lowest BCUT2D eigenvalue weighted by Crippen LogP contribution is -2.15. The van der Waals surface area contributed by atoms with Crippen molar-refractivity contribution < 1.29 is 0 Å². The van der Waals surface area contributed by atoms with Crippen LogP contribution in [0, 0.1) is 0 Å². The average Bonchev–Trinajstić information content (AvgIpc) is 2.75. The first-order valence-corrected chi connectivity index (χ1v) is 8.59. The van der Waals surface area contributed by atoms with Crippen molar-refractivity contribution in [3.63, 3.8) is 0 Å². The summed E-state index contributed by atoms with van der Waals surface area (Å²) in [5.41, 5.74) is 0. The highest BCUT2D eigenvalue weighted by atomic mass is 79.9. The van der Waals surface area contributed by atoms with E-state index in [4.69, 9.17) is 11.6 Å². The Kier molecular flexibility index (Phi) is 6.05. The Balaban J connectivity index is 1.64. The summed E-state index contributed by atoms with van der Waals surface area (Å²) >= 11 is 13.0. The maximum absolute atomic E-state index is 5.94. The average molecular weight is 363 g/mol. The predicted octanol–water partition coefficient (Wildman–Crippen LogP) is 5.05. The smallest absolute Gasteiger partial charge is 0.0417 e. The van der Waals surface area contributed by atoms with Gasteiger partial charge in [-0.05, 0) is 40.2 Å². The number of benzene rings is 1. The number of hydrogen-bond donors (Lipinski definition) is 1. The summed E-state index contributed by atoms with van der Waals surface area (Å²) in [5, 5.41) is 6.35. The highest BCUT2D eigenvalue weighted by Gasteiger charge is 1.98. The van der Waals surface area contributed by atoms with E-state index < -0.39 is 0 Å². The van der Waals surface area contributed by atoms with Crippen molar-refractivity contribution in [2.45, 2.75) is 11.4 Å². The van der Waals surface area contributed by atoms with Gasteiger partial charge in [0.2, 0.25) is 0 Å². The van der Waals surface area contributed by atoms with Gasteiger partial charge >= 0.3 is 0 Å². The molecular formula is C13H13BrClNS2. The Labute approximate surface area is 129 Å². The van der Waals surface area contributed by atoms with Crippen molar-refractivity contribution in [1.82, 2.24) is 5.32 Å². The highest BCUT2D eigenvalue weighted by Crippen LogP contribution is 2.21. The van der Waals surface area contributed by atoms with E-state index in [1.165, 1.54) is 9.77 Å². The number of rotatable bonds is 6. The van der Waals surface area contributed by atoms with E-state index >= 15 is 0 Å². The van der Waals surface area contributed by atoms with Crippen molar-refractivity contribution in [3.8, 4) is 0 Å². The molecule has 0 saturated carbocycles. The second kappa shape index (κ2) is 7.56. The van der Waals surface area contributed by atoms with Gasteiger partial charge in [-0.3, -0.25) is 0 Å². The van der Waals surface area contributed by atoms with Crippen LogP contribution in [0.2, 0.25) is 5.02 Å². The third kappa shape index (κ3) is 4.94. The summed E-state index contributed by atoms with van der Waals surface area (Å²) in [7, 11) is 0. The van der Waals surface area contributed by atoms with Crippen LogP contribution in [0.4, 0.5) is 0 Å². The van der Waals surface area contributed by atoms with Gasteiger partial charge in [-0.1, -0.05) is 17.7 Å². The largest absolute Gasteiger partial charge is 0.311 e. The molecular weight excluding hydrogens is 350 g/mol. The molecule has 0 aliphatic heterocycles. The van der Waals surface area contributed by atoms with E-state index in [9.17, 15) is 0 Å². The van der Waals surface area contributed by atoms with Crippen LogP contribution in [-0.2, 0) is 6.54 Å². The Hall–Kier alpha value is -0.0000000000000000833. The summed E-state index contributed by atoms with van der Waals surface area (Å²) < 4.78 is 1.16. The topological polar surface area (TPSA) is 12.0 Å². The minimum atomic E-state index is 0.802. The molecule has 1 aromatic heterocycles. The van der Waals surface area contributed by atoms with Crippen molar-refractivity contribution in [2.24, 2.45) is 0 Å². The second-order valence-electron chi connectivity index (χ2n) is 3.71. The standard InChI is InChI=1S/C13H13BrClNS2/c14-10-6-13(18-9-10)8-16-4-5-17-12-3-1-2-11(15)7-12/h1-3,6-7,9,16H,4-5,8H2. The van der Waals surface area contributed by atoms with Crippen LogP contribution < -0.4 is 5.32 Å². The van der Waals surface area contributed by atoms with E-state index in [0.29, 0.717) is 0 Å². The molecule has 0 fully saturated rings. The molecule has 0 saturated heterocycles. The van der Waals surface area contributed by atoms with E-state index in [2.05, 4.69) is 38.8 Å². The fraction of sp³-hybridized carbons (Fsp3) is 0.231. The zero-order chi connectivity index (χ0) is 12.8. The van der Waals surface area contributed by atoms with Crippen LogP contribution in [0.15, 0.2) is 45.1 Å². The molecule has 0 spiro atoms. The number of halogens is 2. The summed E-state index contributed by atoms with van der Waals surface area (Å²) in [6, 6.07) is 10.1. The van der Waals surface area contributed by atoms with Gasteiger partial charge in [-0.15, -0.1) is 23.1 Å². The fourth-order valence-corrected chi connectivity index (χ4v) is 4.00. The normalized spacial score (nSPS) is 10.8. The summed E-state index contributed by atoms with van der Waals surface area (Å²) in [6.07, 6.45) is 0. The summed E-state index contributed by atoms with van der Waals surface area (Å²) in [5.74, 6) is 1.05. The number of thioether (sulfide) groups is 1. The minimum Gasteiger partial charge on any atom is -0.311 e. The molecule has 0 bridgehead atoms. The number of hydrogen-bond acceptors (Lipinski definition) is 3. The van der Waals surface area contributed by atoms with Crippen molar-refractivity contribution in [3.05, 3.63) is 50.1 Å². The van der Waals surface area contributed by atoms with Crippen LogP contribution in [-0.4, -0.2) is 12.3 Å². The van der Waals surface area contributed by atoms with E-state index in [-0.39, 0.29) is 0 Å². The summed E-state index contributed by atoms with van der Waals surface area (Å²) in [4.78, 5) is 2.58. The third-order valence-electron chi connectivity index (χ3n) is 2.26. The van der Waals surface area contributed by atoms with Gasteiger partial charge in [0.15, 0.2) is 0 Å². The number of nitrogens with one attached hydrogen (secondary N) is 1. The van der Waals surface area contributed by atoms with Crippen molar-refractivity contribution >= 4 is 50.6 Å². The Bertz CT molecular complexity index is 501. The van der Waals surface area contributed by atoms with Crippen LogP contribution in [0.25, 0.3) is 0 Å². The van der Waals surface area contributed by atoms with Gasteiger partial charge in [0.05, 0.1) is 0 Å². The molecule has 18 heavy (non-hydrogen) atoms. The quantitative estimate of drug-likeness (QED) is 0.570. The van der Waals surface area contributed by atoms with E-state index in [1.54, 1.807) is 11.3 Å². The third-order valence-corrected chi connectivity index (χ3v) is 5.19. The van der Waals surface area contributed by atoms with Crippen molar-refractivity contribution in [1.29, 1.82) is 0 Å². The zero-order valence-electron chi connectivity index (χ0n) is 9.66. The van der Waals surface area contributed by atoms with Gasteiger partial charge in [0, 0.05) is 43.5 Å². The Morgan fingerprint density at radius 3 is 2.94 bits per heavy atom. The lowest BCUT2D eigenvalue weighted by Gasteiger charge is -2.03. The van der Waals surface area contributed by atoms with E-state index in [0.717, 1.165) is 28.3 Å². The van der Waals surface area contributed by atoms with Crippen molar-refractivity contribution in [2.75, 3.05) is 12.3 Å². The lowest BCUT2D eigenvalue weighted by atomic mass is 10.4. The molecule has 0 atom stereocenters. The number of thiophene rings is 1. The molecule has 0 radical (unpaired) electrons. The molecule has 2 rings (SSSR count). The molecule has 0 aliphatic rings. The molecule has 5 heteroatoms. The molecule has 0 aliphatic carbocycles. The Morgan fingerprint density at radius 1 is 1.33 bits per heavy atom. The maximum Gasteiger partial charge on any atom is 0.0417 e. The van der Waals surface area contributed by atoms with Gasteiger partial charge in [0.1, 0.15) is 0 Å². The SMILES string of the molecule is Clc1cccc(SCCNCc2cc(Br)cs2)c1. The molecule has 2 aromatic rings. The van der Waals surface area contributed by atoms with Gasteiger partial charge in [0.25, 0.3) is 0 Å². The first-order chi connectivity index (χ1) is 8.74. The van der Waals surface area contributed by atoms with Crippen LogP contribution in [0.3, 0.4) is 0 Å². The van der Waals surface area contributed by atoms with Gasteiger partial charge < -0.3 is 5.32 Å². The van der Waals surface area contributed by atoms with Gasteiger partial charge in [-0.2, -0.15) is 0 Å². The lowest BCUT2D eigenvalue weighted by molar-refractivity contribution is 0.741. The minimum absolute atomic E-state index is 0.802. The van der Waals surface area contributed by atoms with Crippen LogP contribution >= 0.6 is 50.6 Å². The van der Waals surface area contributed by atoms with Crippen LogP contribution in [0.5, 0.6) is 0 Å². The Morgan fingerprint density at radius 2 is 2.22 bits per heavy atom. The maximum atomic E-state index is 5.94. The monoisotopic (exact) mass is 361 g/mol. The first-order valence-electron chi connectivity index (χ1n) is 5.56.